The van der Waals surface area contributed by atoms with Crippen LogP contribution in [0.4, 0.5) is 8.78 Å². The van der Waals surface area contributed by atoms with Gasteiger partial charge in [0, 0.05) is 0 Å². The fourth-order valence-corrected chi connectivity index (χ4v) is 2.49. The summed E-state index contributed by atoms with van der Waals surface area (Å²) in [6.07, 6.45) is 0.0598. The number of esters is 1. The lowest BCUT2D eigenvalue weighted by molar-refractivity contribution is -0.162. The summed E-state index contributed by atoms with van der Waals surface area (Å²) in [6, 6.07) is 10.1. The molecule has 1 atom stereocenters. The van der Waals surface area contributed by atoms with Crippen LogP contribution >= 0.6 is 0 Å². The Morgan fingerprint density at radius 3 is 2.69 bits per heavy atom. The molecule has 1 aliphatic heterocycles. The Balaban J connectivity index is 1.78. The minimum absolute atomic E-state index is 0.0598. The highest BCUT2D eigenvalue weighted by molar-refractivity contribution is 7.87. The molecule has 0 radical (unpaired) electrons. The molecule has 1 fully saturated rings. The summed E-state index contributed by atoms with van der Waals surface area (Å²) in [4.78, 5) is 11.3. The van der Waals surface area contributed by atoms with Crippen LogP contribution in [-0.2, 0) is 31.0 Å². The SMILES string of the molecule is O=C(OCc1cccc2ccc(OCC3CO3)cc12)C(F)(F)S(=O)(=O)O. The van der Waals surface area contributed by atoms with E-state index in [-0.39, 0.29) is 6.10 Å². The minimum atomic E-state index is -5.90. The van der Waals surface area contributed by atoms with E-state index in [0.29, 0.717) is 29.9 Å². The van der Waals surface area contributed by atoms with E-state index in [1.54, 1.807) is 30.3 Å². The monoisotopic (exact) mass is 388 g/mol. The van der Waals surface area contributed by atoms with Gasteiger partial charge in [0.15, 0.2) is 0 Å². The summed E-state index contributed by atoms with van der Waals surface area (Å²) in [5.74, 6) is -1.83. The quantitative estimate of drug-likeness (QED) is 0.440. The van der Waals surface area contributed by atoms with Gasteiger partial charge in [-0.1, -0.05) is 24.3 Å². The summed E-state index contributed by atoms with van der Waals surface area (Å²) in [6.45, 7) is 0.413. The first kappa shape index (κ1) is 18.5. The lowest BCUT2D eigenvalue weighted by atomic mass is 10.0. The van der Waals surface area contributed by atoms with Crippen molar-refractivity contribution < 1.29 is 40.8 Å². The first-order chi connectivity index (χ1) is 12.2. The highest BCUT2D eigenvalue weighted by atomic mass is 32.2. The van der Waals surface area contributed by atoms with E-state index in [9.17, 15) is 22.0 Å². The molecule has 1 unspecified atom stereocenters. The Kier molecular flexibility index (Phi) is 4.82. The van der Waals surface area contributed by atoms with Crippen molar-refractivity contribution in [2.24, 2.45) is 0 Å². The summed E-state index contributed by atoms with van der Waals surface area (Å²) in [5, 5.41) is -3.70. The second-order valence-electron chi connectivity index (χ2n) is 5.63. The molecule has 0 saturated carbocycles. The average molecular weight is 388 g/mol. The average Bonchev–Trinajstić information content (AvgIpc) is 3.41. The van der Waals surface area contributed by atoms with Crippen LogP contribution in [0, 0.1) is 0 Å². The molecule has 0 spiro atoms. The smallest absolute Gasteiger partial charge is 0.465 e. The third kappa shape index (κ3) is 3.92. The molecule has 2 aromatic rings. The van der Waals surface area contributed by atoms with Crippen molar-refractivity contribution in [3.05, 3.63) is 42.0 Å². The minimum Gasteiger partial charge on any atom is -0.491 e. The van der Waals surface area contributed by atoms with Crippen LogP contribution in [-0.4, -0.2) is 43.5 Å². The second kappa shape index (κ2) is 6.78. The molecule has 7 nitrogen and oxygen atoms in total. The van der Waals surface area contributed by atoms with Crippen molar-refractivity contribution in [1.29, 1.82) is 0 Å². The van der Waals surface area contributed by atoms with Crippen molar-refractivity contribution in [2.75, 3.05) is 13.2 Å². The molecule has 2 aromatic carbocycles. The molecule has 0 amide bonds. The number of rotatable bonds is 7. The fourth-order valence-electron chi connectivity index (χ4n) is 2.22. The van der Waals surface area contributed by atoms with E-state index in [1.807, 2.05) is 0 Å². The largest absolute Gasteiger partial charge is 0.491 e. The van der Waals surface area contributed by atoms with Crippen LogP contribution in [0.5, 0.6) is 5.75 Å². The van der Waals surface area contributed by atoms with E-state index < -0.39 is 27.9 Å². The number of hydrogen-bond acceptors (Lipinski definition) is 6. The summed E-state index contributed by atoms with van der Waals surface area (Å²) in [5.41, 5.74) is 0.370. The van der Waals surface area contributed by atoms with Gasteiger partial charge in [-0.3, -0.25) is 4.55 Å². The normalized spacial score (nSPS) is 17.1. The van der Waals surface area contributed by atoms with Gasteiger partial charge >= 0.3 is 21.3 Å². The lowest BCUT2D eigenvalue weighted by Crippen LogP contribution is -2.38. The number of ether oxygens (including phenoxy) is 3. The zero-order valence-corrected chi connectivity index (χ0v) is 14.0. The second-order valence-corrected chi connectivity index (χ2v) is 7.10. The number of halogens is 2. The van der Waals surface area contributed by atoms with E-state index in [1.165, 1.54) is 6.07 Å². The van der Waals surface area contributed by atoms with Crippen molar-refractivity contribution in [3.8, 4) is 5.75 Å². The van der Waals surface area contributed by atoms with Gasteiger partial charge in [-0.05, 0) is 28.5 Å². The Hall–Kier alpha value is -2.30. The lowest BCUT2D eigenvalue weighted by Gasteiger charge is -2.13. The fraction of sp³-hybridized carbons (Fsp3) is 0.312. The third-order valence-corrected chi connectivity index (χ3v) is 4.52. The molecule has 0 aromatic heterocycles. The van der Waals surface area contributed by atoms with Crippen LogP contribution in [0.3, 0.4) is 0 Å². The molecule has 1 aliphatic rings. The molecule has 1 heterocycles. The van der Waals surface area contributed by atoms with Gasteiger partial charge in [0.25, 0.3) is 0 Å². The molecule has 140 valence electrons. The van der Waals surface area contributed by atoms with E-state index in [0.717, 1.165) is 5.39 Å². The van der Waals surface area contributed by atoms with Gasteiger partial charge < -0.3 is 14.2 Å². The van der Waals surface area contributed by atoms with Gasteiger partial charge in [0.1, 0.15) is 25.1 Å². The van der Waals surface area contributed by atoms with Crippen LogP contribution in [0.25, 0.3) is 10.8 Å². The number of benzene rings is 2. The van der Waals surface area contributed by atoms with E-state index in [2.05, 4.69) is 4.74 Å². The zero-order valence-electron chi connectivity index (χ0n) is 13.2. The maximum Gasteiger partial charge on any atom is 0.465 e. The molecule has 26 heavy (non-hydrogen) atoms. The van der Waals surface area contributed by atoms with Crippen LogP contribution in [0.15, 0.2) is 36.4 Å². The maximum atomic E-state index is 13.2. The van der Waals surface area contributed by atoms with Crippen molar-refractivity contribution in [2.45, 2.75) is 18.0 Å². The zero-order chi connectivity index (χ0) is 18.9. The Morgan fingerprint density at radius 1 is 1.31 bits per heavy atom. The van der Waals surface area contributed by atoms with Crippen molar-refractivity contribution in [1.82, 2.24) is 0 Å². The molecule has 1 saturated heterocycles. The van der Waals surface area contributed by atoms with Crippen molar-refractivity contribution in [3.63, 3.8) is 0 Å². The molecule has 0 aliphatic carbocycles. The maximum absolute atomic E-state index is 13.2. The van der Waals surface area contributed by atoms with Gasteiger partial charge in [-0.2, -0.15) is 17.2 Å². The highest BCUT2D eigenvalue weighted by Gasteiger charge is 2.54. The number of carbonyl (C=O) groups is 1. The van der Waals surface area contributed by atoms with E-state index in [4.69, 9.17) is 14.0 Å². The number of fused-ring (bicyclic) bond motifs is 1. The molecule has 10 heteroatoms. The molecule has 0 bridgehead atoms. The predicted octanol–water partition coefficient (Wildman–Crippen LogP) is 2.14. The molecule has 1 N–H and O–H groups in total. The number of carbonyl (C=O) groups excluding carboxylic acids is 1. The van der Waals surface area contributed by atoms with Crippen LogP contribution in [0.1, 0.15) is 5.56 Å². The molecule has 3 rings (SSSR count). The number of alkyl halides is 2. The predicted molar refractivity (Wildman–Crippen MR) is 85.5 cm³/mol. The van der Waals surface area contributed by atoms with Crippen molar-refractivity contribution >= 4 is 26.9 Å². The number of epoxide rings is 1. The molecular formula is C16H14F2O7S. The van der Waals surface area contributed by atoms with E-state index >= 15 is 0 Å². The summed E-state index contributed by atoms with van der Waals surface area (Å²) in [7, 11) is -5.90. The third-order valence-electron chi connectivity index (χ3n) is 3.70. The van der Waals surface area contributed by atoms with Gasteiger partial charge in [0.05, 0.1) is 6.61 Å². The van der Waals surface area contributed by atoms with Crippen LogP contribution < -0.4 is 4.74 Å². The Morgan fingerprint density at radius 2 is 2.04 bits per heavy atom. The molecular weight excluding hydrogens is 374 g/mol. The summed E-state index contributed by atoms with van der Waals surface area (Å²) >= 11 is 0. The number of hydrogen-bond donors (Lipinski definition) is 1. The topological polar surface area (TPSA) is 102 Å². The standard InChI is InChI=1S/C16H14F2O7S/c17-16(18,26(20,21)22)15(19)25-7-11-3-1-2-10-4-5-12(6-14(10)11)23-8-13-9-24-13/h1-6,13H,7-9H2,(H,20,21,22). The first-order valence-electron chi connectivity index (χ1n) is 7.46. The first-order valence-corrected chi connectivity index (χ1v) is 8.90. The van der Waals surface area contributed by atoms with Gasteiger partial charge in [-0.15, -0.1) is 0 Å². The Labute approximate surface area is 147 Å². The Bertz CT molecular complexity index is 939. The van der Waals surface area contributed by atoms with Gasteiger partial charge in [0.2, 0.25) is 0 Å². The van der Waals surface area contributed by atoms with Gasteiger partial charge in [-0.25, -0.2) is 4.79 Å². The highest BCUT2D eigenvalue weighted by Crippen LogP contribution is 2.27. The summed E-state index contributed by atoms with van der Waals surface area (Å²) < 4.78 is 71.0. The van der Waals surface area contributed by atoms with Crippen LogP contribution in [0.2, 0.25) is 0 Å².